The minimum Gasteiger partial charge on any atom is -0.368 e. The Kier molecular flexibility index (Phi) is 8.41. The van der Waals surface area contributed by atoms with Crippen LogP contribution in [0.4, 0.5) is 15.8 Å². The lowest BCUT2D eigenvalue weighted by molar-refractivity contribution is -0.113. The highest BCUT2D eigenvalue weighted by Crippen LogP contribution is 2.29. The van der Waals surface area contributed by atoms with E-state index in [2.05, 4.69) is 31.1 Å². The molecular weight excluding hydrogens is 587 g/mol. The molecule has 1 saturated heterocycles. The van der Waals surface area contributed by atoms with Gasteiger partial charge in [0.1, 0.15) is 5.82 Å². The van der Waals surface area contributed by atoms with Crippen molar-refractivity contribution in [2.45, 2.75) is 4.34 Å². The molecule has 10 heteroatoms. The van der Waals surface area contributed by atoms with E-state index in [1.54, 1.807) is 17.0 Å². The average molecular weight is 612 g/mol. The molecule has 38 heavy (non-hydrogen) atoms. The molecule has 1 aliphatic heterocycles. The molecule has 6 nitrogen and oxygen atoms in total. The average Bonchev–Trinajstić information content (AvgIpc) is 3.42. The summed E-state index contributed by atoms with van der Waals surface area (Å²) in [5.74, 6) is -0.593. The van der Waals surface area contributed by atoms with Crippen LogP contribution in [0.3, 0.4) is 0 Å². The van der Waals surface area contributed by atoms with Gasteiger partial charge in [-0.1, -0.05) is 52.0 Å². The fraction of sp³-hybridized carbons (Fsp3) is 0.179. The van der Waals surface area contributed by atoms with Gasteiger partial charge in [-0.25, -0.2) is 9.37 Å². The summed E-state index contributed by atoms with van der Waals surface area (Å²) in [5, 5.41) is 4.94. The van der Waals surface area contributed by atoms with Gasteiger partial charge in [0.25, 0.3) is 5.91 Å². The molecule has 0 aliphatic carbocycles. The third-order valence-corrected chi connectivity index (χ3v) is 8.69. The maximum atomic E-state index is 14.0. The molecule has 1 N–H and O–H groups in total. The second-order valence-electron chi connectivity index (χ2n) is 8.65. The van der Waals surface area contributed by atoms with Crippen LogP contribution < -0.4 is 10.2 Å². The Bertz CT molecular complexity index is 1420. The second-order valence-corrected chi connectivity index (χ2v) is 11.6. The van der Waals surface area contributed by atoms with E-state index in [4.69, 9.17) is 0 Å². The Balaban J connectivity index is 1.09. The molecule has 0 spiro atoms. The number of piperazine rings is 1. The minimum absolute atomic E-state index is 0.0941. The number of nitrogens with zero attached hydrogens (tertiary/aromatic N) is 3. The molecule has 3 aromatic carbocycles. The van der Waals surface area contributed by atoms with Crippen molar-refractivity contribution in [2.24, 2.45) is 0 Å². The highest BCUT2D eigenvalue weighted by atomic mass is 79.9. The molecule has 2 heterocycles. The molecule has 1 aliphatic rings. The van der Waals surface area contributed by atoms with Gasteiger partial charge in [-0.15, -0.1) is 11.3 Å². The largest absolute Gasteiger partial charge is 0.368 e. The number of amides is 2. The minimum atomic E-state index is -0.493. The van der Waals surface area contributed by atoms with E-state index in [0.29, 0.717) is 26.2 Å². The van der Waals surface area contributed by atoms with Gasteiger partial charge in [-0.05, 0) is 48.5 Å². The number of hydrogen-bond acceptors (Lipinski definition) is 6. The van der Waals surface area contributed by atoms with E-state index in [-0.39, 0.29) is 23.1 Å². The highest BCUT2D eigenvalue weighted by Gasteiger charge is 2.24. The molecule has 0 bridgehead atoms. The number of rotatable bonds is 7. The molecule has 1 aromatic heterocycles. The van der Waals surface area contributed by atoms with E-state index in [0.717, 1.165) is 31.4 Å². The van der Waals surface area contributed by atoms with Crippen LogP contribution in [0.2, 0.25) is 0 Å². The van der Waals surface area contributed by atoms with E-state index < -0.39 is 5.82 Å². The first-order chi connectivity index (χ1) is 18.5. The molecule has 1 fully saturated rings. The Hall–Kier alpha value is -3.21. The van der Waals surface area contributed by atoms with Gasteiger partial charge < -0.3 is 15.1 Å². The van der Waals surface area contributed by atoms with Gasteiger partial charge in [0, 0.05) is 53.0 Å². The van der Waals surface area contributed by atoms with Crippen LogP contribution in [0, 0.1) is 5.82 Å². The topological polar surface area (TPSA) is 65.5 Å². The third kappa shape index (κ3) is 6.43. The Labute approximate surface area is 237 Å². The summed E-state index contributed by atoms with van der Waals surface area (Å²) in [6, 6.07) is 21.7. The second kappa shape index (κ2) is 12.1. The van der Waals surface area contributed by atoms with Crippen LogP contribution in [0.1, 0.15) is 10.4 Å². The predicted octanol–water partition coefficient (Wildman–Crippen LogP) is 6.40. The molecule has 0 atom stereocenters. The maximum Gasteiger partial charge on any atom is 0.256 e. The summed E-state index contributed by atoms with van der Waals surface area (Å²) >= 11 is 6.38. The molecule has 0 saturated carbocycles. The van der Waals surface area contributed by atoms with Crippen molar-refractivity contribution in [3.05, 3.63) is 94.0 Å². The van der Waals surface area contributed by atoms with Crippen LogP contribution in [-0.4, -0.2) is 53.6 Å². The number of thiazole rings is 1. The van der Waals surface area contributed by atoms with Crippen molar-refractivity contribution in [1.82, 2.24) is 9.88 Å². The quantitative estimate of drug-likeness (QED) is 0.245. The predicted molar refractivity (Wildman–Crippen MR) is 156 cm³/mol. The van der Waals surface area contributed by atoms with Crippen LogP contribution in [0.25, 0.3) is 11.3 Å². The van der Waals surface area contributed by atoms with E-state index >= 15 is 0 Å². The molecule has 0 radical (unpaired) electrons. The lowest BCUT2D eigenvalue weighted by Crippen LogP contribution is -2.49. The zero-order valence-corrected chi connectivity index (χ0v) is 23.5. The van der Waals surface area contributed by atoms with Crippen LogP contribution in [0.15, 0.2) is 87.0 Å². The van der Waals surface area contributed by atoms with Gasteiger partial charge in [0.05, 0.1) is 17.0 Å². The van der Waals surface area contributed by atoms with E-state index in [1.807, 2.05) is 53.9 Å². The molecule has 5 rings (SSSR count). The number of halogens is 2. The Morgan fingerprint density at radius 2 is 1.68 bits per heavy atom. The SMILES string of the molecule is O=C(CSc1nc(-c2ccc(Br)cc2)cs1)Nc1ccc(N2CCN(C(=O)c3ccccc3F)CC2)cc1. The smallest absolute Gasteiger partial charge is 0.256 e. The molecule has 4 aromatic rings. The standard InChI is InChI=1S/C28H24BrFN4O2S2/c29-20-7-5-19(6-8-20)25-17-37-28(32-25)38-18-26(35)31-21-9-11-22(12-10-21)33-13-15-34(16-14-33)27(36)23-3-1-2-4-24(23)30/h1-12,17H,13-16,18H2,(H,31,35). The fourth-order valence-corrected chi connectivity index (χ4v) is 6.03. The molecule has 194 valence electrons. The number of carbonyl (C=O) groups is 2. The third-order valence-electron chi connectivity index (χ3n) is 6.14. The normalized spacial score (nSPS) is 13.4. The van der Waals surface area contributed by atoms with Crippen LogP contribution in [0.5, 0.6) is 0 Å². The lowest BCUT2D eigenvalue weighted by atomic mass is 10.1. The number of carbonyl (C=O) groups excluding carboxylic acids is 2. The van der Waals surface area contributed by atoms with Gasteiger partial charge in [0.2, 0.25) is 5.91 Å². The van der Waals surface area contributed by atoms with Gasteiger partial charge in [0.15, 0.2) is 4.34 Å². The van der Waals surface area contributed by atoms with Crippen molar-refractivity contribution >= 4 is 62.2 Å². The number of aromatic nitrogens is 1. The summed E-state index contributed by atoms with van der Waals surface area (Å²) in [6.45, 7) is 2.34. The number of benzene rings is 3. The first-order valence-electron chi connectivity index (χ1n) is 12.0. The summed E-state index contributed by atoms with van der Waals surface area (Å²) in [7, 11) is 0. The van der Waals surface area contributed by atoms with Gasteiger partial charge in [-0.3, -0.25) is 9.59 Å². The van der Waals surface area contributed by atoms with Crippen LogP contribution in [-0.2, 0) is 4.79 Å². The first kappa shape index (κ1) is 26.4. The summed E-state index contributed by atoms with van der Waals surface area (Å²) < 4.78 is 15.9. The van der Waals surface area contributed by atoms with Gasteiger partial charge >= 0.3 is 0 Å². The lowest BCUT2D eigenvalue weighted by Gasteiger charge is -2.36. The van der Waals surface area contributed by atoms with E-state index in [1.165, 1.54) is 35.2 Å². The van der Waals surface area contributed by atoms with Crippen molar-refractivity contribution in [1.29, 1.82) is 0 Å². The summed E-state index contributed by atoms with van der Waals surface area (Å²) in [5.41, 5.74) is 3.79. The summed E-state index contributed by atoms with van der Waals surface area (Å²) in [6.07, 6.45) is 0. The number of anilines is 2. The van der Waals surface area contributed by atoms with Crippen molar-refractivity contribution in [3.63, 3.8) is 0 Å². The molecule has 0 unspecified atom stereocenters. The monoisotopic (exact) mass is 610 g/mol. The van der Waals surface area contributed by atoms with Crippen LogP contribution >= 0.6 is 39.0 Å². The van der Waals surface area contributed by atoms with E-state index in [9.17, 15) is 14.0 Å². The van der Waals surface area contributed by atoms with Crippen molar-refractivity contribution in [3.8, 4) is 11.3 Å². The highest BCUT2D eigenvalue weighted by molar-refractivity contribution is 9.10. The molecule has 2 amide bonds. The van der Waals surface area contributed by atoms with Crippen molar-refractivity contribution in [2.75, 3.05) is 42.1 Å². The first-order valence-corrected chi connectivity index (χ1v) is 14.6. The maximum absolute atomic E-state index is 14.0. The Morgan fingerprint density at radius 3 is 2.39 bits per heavy atom. The van der Waals surface area contributed by atoms with Crippen molar-refractivity contribution < 1.29 is 14.0 Å². The van der Waals surface area contributed by atoms with Gasteiger partial charge in [-0.2, -0.15) is 0 Å². The number of thioether (sulfide) groups is 1. The number of nitrogens with one attached hydrogen (secondary N) is 1. The fourth-order valence-electron chi connectivity index (χ4n) is 4.13. The molecular formula is C28H24BrFN4O2S2. The zero-order valence-electron chi connectivity index (χ0n) is 20.3. The Morgan fingerprint density at radius 1 is 0.974 bits per heavy atom. The zero-order chi connectivity index (χ0) is 26.5. The summed E-state index contributed by atoms with van der Waals surface area (Å²) in [4.78, 5) is 33.6. The number of hydrogen-bond donors (Lipinski definition) is 1.